The number of allylic oxidation sites excluding steroid dienone is 1. The molecule has 3 saturated carbocycles. The predicted octanol–water partition coefficient (Wildman–Crippen LogP) is 3.63. The van der Waals surface area contributed by atoms with E-state index < -0.39 is 47.9 Å². The first-order valence-corrected chi connectivity index (χ1v) is 9.09. The van der Waals surface area contributed by atoms with E-state index in [1.54, 1.807) is 6.08 Å². The first kappa shape index (κ1) is 10.5. The number of carbonyl (C=O) groups excluding carboxylic acids is 1. The molecule has 7 atom stereocenters. The molecule has 0 aromatic rings. The maximum atomic E-state index is 12.8. The molecule has 0 heterocycles. The molecule has 3 heteroatoms. The van der Waals surface area contributed by atoms with Crippen molar-refractivity contribution in [2.24, 2.45) is 28.6 Å². The van der Waals surface area contributed by atoms with Crippen molar-refractivity contribution in [1.29, 1.82) is 0 Å². The molecule has 24 heavy (non-hydrogen) atoms. The number of carbonyl (C=O) groups is 1. The van der Waals surface area contributed by atoms with E-state index in [0.29, 0.717) is 31.3 Å². The summed E-state index contributed by atoms with van der Waals surface area (Å²) < 4.78 is 56.3. The monoisotopic (exact) mass is 339 g/mol. The Kier molecular flexibility index (Phi) is 2.26. The fraction of sp³-hybridized carbons (Fsp3) is 0.857. The lowest BCUT2D eigenvalue weighted by Gasteiger charge is -2.58. The molecular weight excluding hydrogens is 300 g/mol. The van der Waals surface area contributed by atoms with Crippen LogP contribution in [0.15, 0.2) is 11.6 Å². The Balaban J connectivity index is 1.74. The Bertz CT molecular complexity index is 837. The van der Waals surface area contributed by atoms with Gasteiger partial charge in [0.1, 0.15) is 5.60 Å². The highest BCUT2D eigenvalue weighted by Gasteiger charge is 2.65. The molecular formula is C21H32O3. The molecule has 0 spiro atoms. The average Bonchev–Trinajstić information content (AvgIpc) is 2.90. The molecule has 0 saturated heterocycles. The van der Waals surface area contributed by atoms with Crippen molar-refractivity contribution in [1.82, 2.24) is 0 Å². The van der Waals surface area contributed by atoms with E-state index in [2.05, 4.69) is 0 Å². The van der Waals surface area contributed by atoms with E-state index in [9.17, 15) is 15.0 Å². The van der Waals surface area contributed by atoms with Crippen LogP contribution in [0.4, 0.5) is 0 Å². The molecule has 3 nitrogen and oxygen atoms in total. The van der Waals surface area contributed by atoms with E-state index >= 15 is 0 Å². The highest BCUT2D eigenvalue weighted by atomic mass is 16.3. The van der Waals surface area contributed by atoms with Crippen molar-refractivity contribution in [3.8, 4) is 0 Å². The van der Waals surface area contributed by atoms with Crippen LogP contribution in [0.3, 0.4) is 0 Å². The van der Waals surface area contributed by atoms with Crippen LogP contribution in [0.1, 0.15) is 81.6 Å². The van der Waals surface area contributed by atoms with Gasteiger partial charge in [-0.15, -0.1) is 0 Å². The predicted molar refractivity (Wildman–Crippen MR) is 93.3 cm³/mol. The maximum Gasteiger partial charge on any atom is 0.161 e. The standard InChI is InChI=1S/C21H32O3/c1-13(22)21(24)11-8-18-16-5-4-14-12-15(23)6-9-19(14,2)17(16)7-10-20(18,21)3/h4,15-18,23-24H,5-12H2,1-3H3/t15-,16+,17-,18-,19-,20-,21-/m0/s1/i1D3,6D2,12D2. The van der Waals surface area contributed by atoms with Gasteiger partial charge >= 0.3 is 0 Å². The normalized spacial score (nSPS) is 62.7. The first-order valence-electron chi connectivity index (χ1n) is 12.6. The SMILES string of the molecule is [2H]C([2H])([2H])C(=O)[C@@]1(O)CC[C@H]2[C@@H]3CC=C4C([2H])([2H])[C@@H](O)C([2H])([2H])C[C@]4(C)[C@H]3CC[C@@]21C. The van der Waals surface area contributed by atoms with Crippen LogP contribution in [-0.4, -0.2) is 27.7 Å². The Morgan fingerprint density at radius 2 is 2.04 bits per heavy atom. The number of fused-ring (bicyclic) bond motifs is 5. The third kappa shape index (κ3) is 1.94. The molecule has 4 aliphatic rings. The third-order valence-corrected chi connectivity index (χ3v) is 7.95. The van der Waals surface area contributed by atoms with Crippen LogP contribution in [0, 0.1) is 28.6 Å². The summed E-state index contributed by atoms with van der Waals surface area (Å²) >= 11 is 0. The highest BCUT2D eigenvalue weighted by Crippen LogP contribution is 2.67. The van der Waals surface area contributed by atoms with Crippen molar-refractivity contribution in [2.45, 2.75) is 83.7 Å². The molecule has 4 aliphatic carbocycles. The van der Waals surface area contributed by atoms with Gasteiger partial charge < -0.3 is 10.2 Å². The van der Waals surface area contributed by atoms with E-state index in [-0.39, 0.29) is 30.6 Å². The van der Waals surface area contributed by atoms with Crippen molar-refractivity contribution in [2.75, 3.05) is 0 Å². The van der Waals surface area contributed by atoms with Gasteiger partial charge in [-0.05, 0) is 81.3 Å². The first-order chi connectivity index (χ1) is 13.9. The zero-order valence-corrected chi connectivity index (χ0v) is 14.4. The number of rotatable bonds is 1. The van der Waals surface area contributed by atoms with Crippen LogP contribution in [0.2, 0.25) is 0 Å². The van der Waals surface area contributed by atoms with Gasteiger partial charge in [-0.1, -0.05) is 25.5 Å². The van der Waals surface area contributed by atoms with Crippen LogP contribution in [0.25, 0.3) is 0 Å². The average molecular weight is 340 g/mol. The molecule has 4 rings (SSSR count). The summed E-state index contributed by atoms with van der Waals surface area (Å²) in [6.07, 6.45) is -2.08. The minimum Gasteiger partial charge on any atom is -0.393 e. The molecule has 0 unspecified atom stereocenters. The summed E-state index contributed by atoms with van der Waals surface area (Å²) in [6.45, 7) is 0.824. The molecule has 0 bridgehead atoms. The van der Waals surface area contributed by atoms with Crippen molar-refractivity contribution in [3.63, 3.8) is 0 Å². The van der Waals surface area contributed by atoms with Gasteiger partial charge in [-0.2, -0.15) is 0 Å². The van der Waals surface area contributed by atoms with Gasteiger partial charge in [-0.25, -0.2) is 0 Å². The lowest BCUT2D eigenvalue weighted by atomic mass is 9.47. The topological polar surface area (TPSA) is 57.5 Å². The molecule has 0 radical (unpaired) electrons. The van der Waals surface area contributed by atoms with Crippen LogP contribution in [0.5, 0.6) is 0 Å². The van der Waals surface area contributed by atoms with Gasteiger partial charge in [0, 0.05) is 15.0 Å². The number of hydrogen-bond acceptors (Lipinski definition) is 3. The van der Waals surface area contributed by atoms with Crippen LogP contribution >= 0.6 is 0 Å². The minimum atomic E-state index is -2.87. The molecule has 0 aromatic carbocycles. The Morgan fingerprint density at radius 1 is 1.29 bits per heavy atom. The third-order valence-electron chi connectivity index (χ3n) is 7.95. The Morgan fingerprint density at radius 3 is 2.79 bits per heavy atom. The van der Waals surface area contributed by atoms with Crippen molar-refractivity contribution in [3.05, 3.63) is 11.6 Å². The fourth-order valence-electron chi connectivity index (χ4n) is 6.44. The molecule has 134 valence electrons. The number of Topliss-reactive ketones (excluding diaryl/α,β-unsaturated/α-hetero) is 1. The Labute approximate surface area is 155 Å². The molecule has 0 amide bonds. The quantitative estimate of drug-likeness (QED) is 0.717. The molecule has 0 aliphatic heterocycles. The number of aliphatic hydroxyl groups is 2. The van der Waals surface area contributed by atoms with Crippen LogP contribution in [-0.2, 0) is 4.79 Å². The second kappa shape index (κ2) is 5.17. The highest BCUT2D eigenvalue weighted by molar-refractivity contribution is 5.86. The lowest BCUT2D eigenvalue weighted by Crippen LogP contribution is -2.56. The van der Waals surface area contributed by atoms with Crippen molar-refractivity contribution >= 4 is 5.78 Å². The zero-order valence-electron chi connectivity index (χ0n) is 21.4. The van der Waals surface area contributed by atoms with Gasteiger partial charge in [0.15, 0.2) is 5.78 Å². The lowest BCUT2D eigenvalue weighted by molar-refractivity contribution is -0.159. The van der Waals surface area contributed by atoms with E-state index in [0.717, 1.165) is 0 Å². The minimum absolute atomic E-state index is 0.00670. The maximum absolute atomic E-state index is 12.8. The van der Waals surface area contributed by atoms with E-state index in [1.165, 1.54) is 0 Å². The second-order valence-corrected chi connectivity index (χ2v) is 8.76. The number of hydrogen-bond donors (Lipinski definition) is 2. The molecule has 2 N–H and O–H groups in total. The summed E-state index contributed by atoms with van der Waals surface area (Å²) in [7, 11) is 0. The summed E-state index contributed by atoms with van der Waals surface area (Å²) in [4.78, 5) is 12.8. The number of aliphatic hydroxyl groups excluding tert-OH is 1. The van der Waals surface area contributed by atoms with Crippen molar-refractivity contribution < 1.29 is 24.6 Å². The zero-order chi connectivity index (χ0) is 23.4. The molecule has 3 fully saturated rings. The molecule has 0 aromatic heterocycles. The fourth-order valence-corrected chi connectivity index (χ4v) is 6.44. The summed E-state index contributed by atoms with van der Waals surface area (Å²) in [5, 5.41) is 21.8. The summed E-state index contributed by atoms with van der Waals surface area (Å²) in [6, 6.07) is 0. The summed E-state index contributed by atoms with van der Waals surface area (Å²) in [5.41, 5.74) is -3.12. The number of ketones is 1. The van der Waals surface area contributed by atoms with Crippen LogP contribution < -0.4 is 0 Å². The summed E-state index contributed by atoms with van der Waals surface area (Å²) in [5.74, 6) is -1.27. The van der Waals surface area contributed by atoms with Gasteiger partial charge in [0.25, 0.3) is 0 Å². The van der Waals surface area contributed by atoms with E-state index in [1.807, 2.05) is 13.8 Å². The van der Waals surface area contributed by atoms with E-state index in [4.69, 9.17) is 9.60 Å². The van der Waals surface area contributed by atoms with Gasteiger partial charge in [0.05, 0.1) is 6.10 Å². The largest absolute Gasteiger partial charge is 0.393 e. The van der Waals surface area contributed by atoms with Gasteiger partial charge in [0.2, 0.25) is 0 Å². The second-order valence-electron chi connectivity index (χ2n) is 8.76. The van der Waals surface area contributed by atoms with Gasteiger partial charge in [-0.3, -0.25) is 4.79 Å². The smallest absolute Gasteiger partial charge is 0.161 e. The Hall–Kier alpha value is -0.670.